The summed E-state index contributed by atoms with van der Waals surface area (Å²) in [5, 5.41) is 10.5. The van der Waals surface area contributed by atoms with Crippen LogP contribution in [0.2, 0.25) is 0 Å². The first-order valence-electron chi connectivity index (χ1n) is 10.7. The van der Waals surface area contributed by atoms with E-state index >= 15 is 0 Å². The molecule has 31 heavy (non-hydrogen) atoms. The number of benzene rings is 2. The minimum atomic E-state index is -4.64. The Bertz CT molecular complexity index is 956. The van der Waals surface area contributed by atoms with E-state index < -0.39 is 23.2 Å². The van der Waals surface area contributed by atoms with E-state index in [-0.39, 0.29) is 25.2 Å². The first-order valence-corrected chi connectivity index (χ1v) is 10.7. The highest BCUT2D eigenvalue weighted by Crippen LogP contribution is 2.56. The van der Waals surface area contributed by atoms with Crippen LogP contribution in [-0.4, -0.2) is 30.0 Å². The van der Waals surface area contributed by atoms with E-state index in [1.165, 1.54) is 7.11 Å². The Labute approximate surface area is 180 Å². The second kappa shape index (κ2) is 7.97. The molecule has 166 valence electrons. The SMILES string of the molecule is COC(=O)c1ccc2c(c1)CCC[C@@H]1C[C@@](O)(C(F)(F)F)CC[C@@]21Cc1ccccc1. The van der Waals surface area contributed by atoms with Crippen LogP contribution in [0.3, 0.4) is 0 Å². The van der Waals surface area contributed by atoms with Crippen LogP contribution in [0.15, 0.2) is 48.5 Å². The first-order chi connectivity index (χ1) is 14.7. The van der Waals surface area contributed by atoms with Gasteiger partial charge >= 0.3 is 12.1 Å². The fourth-order valence-electron chi connectivity index (χ4n) is 5.69. The first kappa shape index (κ1) is 21.9. The number of alkyl halides is 3. The molecule has 0 aliphatic heterocycles. The molecule has 0 bridgehead atoms. The normalized spacial score (nSPS) is 28.2. The summed E-state index contributed by atoms with van der Waals surface area (Å²) in [6, 6.07) is 15.3. The second-order valence-corrected chi connectivity index (χ2v) is 9.00. The van der Waals surface area contributed by atoms with Crippen molar-refractivity contribution in [2.75, 3.05) is 7.11 Å². The summed E-state index contributed by atoms with van der Waals surface area (Å²) in [4.78, 5) is 12.1. The number of hydrogen-bond acceptors (Lipinski definition) is 3. The number of halogens is 3. The summed E-state index contributed by atoms with van der Waals surface area (Å²) in [6.07, 6.45) is -2.39. The molecule has 2 aromatic rings. The van der Waals surface area contributed by atoms with Crippen molar-refractivity contribution in [2.45, 2.75) is 62.1 Å². The van der Waals surface area contributed by atoms with Gasteiger partial charge in [0.25, 0.3) is 0 Å². The van der Waals surface area contributed by atoms with Gasteiger partial charge in [-0.05, 0) is 79.7 Å². The lowest BCUT2D eigenvalue weighted by molar-refractivity contribution is -0.279. The number of fused-ring (bicyclic) bond motifs is 3. The molecule has 3 nitrogen and oxygen atoms in total. The Morgan fingerprint density at radius 2 is 1.90 bits per heavy atom. The number of hydrogen-bond donors (Lipinski definition) is 1. The highest BCUT2D eigenvalue weighted by atomic mass is 19.4. The van der Waals surface area contributed by atoms with Gasteiger partial charge in [0, 0.05) is 5.41 Å². The summed E-state index contributed by atoms with van der Waals surface area (Å²) in [7, 11) is 1.33. The molecule has 0 radical (unpaired) electrons. The molecule has 0 amide bonds. The van der Waals surface area contributed by atoms with E-state index in [2.05, 4.69) is 0 Å². The third kappa shape index (κ3) is 3.86. The van der Waals surface area contributed by atoms with Crippen LogP contribution in [0.1, 0.15) is 59.2 Å². The molecule has 1 N–H and O–H groups in total. The van der Waals surface area contributed by atoms with Gasteiger partial charge in [0.15, 0.2) is 5.60 Å². The number of methoxy groups -OCH3 is 1. The lowest BCUT2D eigenvalue weighted by Crippen LogP contribution is -2.55. The molecule has 0 unspecified atom stereocenters. The van der Waals surface area contributed by atoms with E-state index in [1.807, 2.05) is 42.5 Å². The third-order valence-corrected chi connectivity index (χ3v) is 7.30. The van der Waals surface area contributed by atoms with Crippen molar-refractivity contribution in [3.05, 3.63) is 70.8 Å². The van der Waals surface area contributed by atoms with E-state index in [9.17, 15) is 23.1 Å². The fraction of sp³-hybridized carbons (Fsp3) is 0.480. The van der Waals surface area contributed by atoms with E-state index in [0.717, 1.165) is 16.7 Å². The van der Waals surface area contributed by atoms with Gasteiger partial charge in [0.2, 0.25) is 0 Å². The molecule has 6 heteroatoms. The Morgan fingerprint density at radius 1 is 1.16 bits per heavy atom. The second-order valence-electron chi connectivity index (χ2n) is 9.00. The standard InChI is InChI=1S/C25H27F3O3/c1-31-22(29)19-10-11-21-18(14-19)8-5-9-20-16-24(30,25(26,27)28)13-12-23(20,21)15-17-6-3-2-4-7-17/h2-4,6-7,10-11,14,20,30H,5,8-9,12-13,15-16H2,1H3/t20-,23+,24-/m1/s1. The van der Waals surface area contributed by atoms with Crippen molar-refractivity contribution in [3.63, 3.8) is 0 Å². The van der Waals surface area contributed by atoms with Gasteiger partial charge < -0.3 is 9.84 Å². The van der Waals surface area contributed by atoms with Gasteiger partial charge in [-0.3, -0.25) is 0 Å². The number of carbonyl (C=O) groups is 1. The highest BCUT2D eigenvalue weighted by Gasteiger charge is 2.60. The quantitative estimate of drug-likeness (QED) is 0.662. The average Bonchev–Trinajstić information content (AvgIpc) is 2.89. The zero-order valence-electron chi connectivity index (χ0n) is 17.5. The van der Waals surface area contributed by atoms with Crippen molar-refractivity contribution in [2.24, 2.45) is 5.92 Å². The maximum absolute atomic E-state index is 13.7. The average molecular weight is 432 g/mol. The Morgan fingerprint density at radius 3 is 2.58 bits per heavy atom. The van der Waals surface area contributed by atoms with Crippen LogP contribution in [-0.2, 0) is 23.0 Å². The topological polar surface area (TPSA) is 46.5 Å². The molecular weight excluding hydrogens is 405 g/mol. The smallest absolute Gasteiger partial charge is 0.417 e. The zero-order chi connectivity index (χ0) is 22.3. The molecule has 0 spiro atoms. The monoisotopic (exact) mass is 432 g/mol. The lowest BCUT2D eigenvalue weighted by atomic mass is 9.56. The van der Waals surface area contributed by atoms with Crippen LogP contribution in [0.5, 0.6) is 0 Å². The summed E-state index contributed by atoms with van der Waals surface area (Å²) in [5.74, 6) is -0.728. The van der Waals surface area contributed by atoms with Crippen molar-refractivity contribution < 1.29 is 27.8 Å². The summed E-state index contributed by atoms with van der Waals surface area (Å²) < 4.78 is 46.0. The van der Waals surface area contributed by atoms with E-state index in [1.54, 1.807) is 6.07 Å². The molecule has 1 fully saturated rings. The predicted molar refractivity (Wildman–Crippen MR) is 111 cm³/mol. The third-order valence-electron chi connectivity index (χ3n) is 7.30. The molecular formula is C25H27F3O3. The van der Waals surface area contributed by atoms with Gasteiger partial charge in [0.05, 0.1) is 12.7 Å². The molecule has 4 rings (SSSR count). The fourth-order valence-corrected chi connectivity index (χ4v) is 5.69. The minimum absolute atomic E-state index is 0.243. The number of rotatable bonds is 3. The highest BCUT2D eigenvalue weighted by molar-refractivity contribution is 5.89. The molecule has 3 atom stereocenters. The molecule has 2 aromatic carbocycles. The lowest BCUT2D eigenvalue weighted by Gasteiger charge is -2.50. The Kier molecular flexibility index (Phi) is 5.63. The van der Waals surface area contributed by atoms with Gasteiger partial charge in [0.1, 0.15) is 0 Å². The predicted octanol–water partition coefficient (Wildman–Crippen LogP) is 5.38. The van der Waals surface area contributed by atoms with E-state index in [4.69, 9.17) is 4.74 Å². The number of carbonyl (C=O) groups excluding carboxylic acids is 1. The number of aryl methyl sites for hydroxylation is 1. The van der Waals surface area contributed by atoms with Gasteiger partial charge in [-0.15, -0.1) is 0 Å². The zero-order valence-corrected chi connectivity index (χ0v) is 17.5. The van der Waals surface area contributed by atoms with Gasteiger partial charge in [-0.2, -0.15) is 13.2 Å². The summed E-state index contributed by atoms with van der Waals surface area (Å²) in [5.41, 5.74) is 0.370. The summed E-state index contributed by atoms with van der Waals surface area (Å²) >= 11 is 0. The molecule has 2 aliphatic rings. The van der Waals surface area contributed by atoms with Crippen LogP contribution in [0, 0.1) is 5.92 Å². The Hall–Kier alpha value is -2.34. The molecule has 1 saturated carbocycles. The maximum atomic E-state index is 13.7. The number of esters is 1. The van der Waals surface area contributed by atoms with Crippen molar-refractivity contribution in [1.29, 1.82) is 0 Å². The van der Waals surface area contributed by atoms with Crippen LogP contribution >= 0.6 is 0 Å². The molecule has 2 aliphatic carbocycles. The largest absolute Gasteiger partial charge is 0.465 e. The number of ether oxygens (including phenoxy) is 1. The van der Waals surface area contributed by atoms with Crippen LogP contribution in [0.25, 0.3) is 0 Å². The minimum Gasteiger partial charge on any atom is -0.465 e. The van der Waals surface area contributed by atoms with Crippen LogP contribution in [0.4, 0.5) is 13.2 Å². The van der Waals surface area contributed by atoms with Crippen molar-refractivity contribution in [3.8, 4) is 0 Å². The molecule has 0 heterocycles. The van der Waals surface area contributed by atoms with Gasteiger partial charge in [-0.25, -0.2) is 4.79 Å². The van der Waals surface area contributed by atoms with E-state index in [0.29, 0.717) is 31.2 Å². The Balaban J connectivity index is 1.82. The summed E-state index contributed by atoms with van der Waals surface area (Å²) in [6.45, 7) is 0. The molecule has 0 saturated heterocycles. The van der Waals surface area contributed by atoms with Crippen molar-refractivity contribution in [1.82, 2.24) is 0 Å². The van der Waals surface area contributed by atoms with Crippen molar-refractivity contribution >= 4 is 5.97 Å². The van der Waals surface area contributed by atoms with Gasteiger partial charge in [-0.1, -0.05) is 36.4 Å². The molecule has 0 aromatic heterocycles. The number of aliphatic hydroxyl groups is 1. The maximum Gasteiger partial charge on any atom is 0.417 e. The van der Waals surface area contributed by atoms with Crippen LogP contribution < -0.4 is 0 Å².